The first kappa shape index (κ1) is 14.2. The smallest absolute Gasteiger partial charge is 0.133 e. The monoisotopic (exact) mass is 290 g/mol. The third kappa shape index (κ3) is 3.06. The second kappa shape index (κ2) is 5.68. The first-order valence-electron chi connectivity index (χ1n) is 9.34. The zero-order valence-electron chi connectivity index (χ0n) is 13.3. The molecule has 0 aromatic carbocycles. The van der Waals surface area contributed by atoms with E-state index < -0.39 is 0 Å². The van der Waals surface area contributed by atoms with Crippen LogP contribution in [0.2, 0.25) is 0 Å². The van der Waals surface area contributed by atoms with Gasteiger partial charge in [-0.2, -0.15) is 0 Å². The number of rotatable bonds is 6. The van der Waals surface area contributed by atoms with Gasteiger partial charge in [0.15, 0.2) is 0 Å². The minimum absolute atomic E-state index is 0.440. The minimum atomic E-state index is 0.440. The fourth-order valence-electron chi connectivity index (χ4n) is 6.41. The summed E-state index contributed by atoms with van der Waals surface area (Å²) in [5.74, 6) is 3.46. The quantitative estimate of drug-likeness (QED) is 0.719. The van der Waals surface area contributed by atoms with Crippen LogP contribution in [0.15, 0.2) is 0 Å². The molecule has 1 heterocycles. The van der Waals surface area contributed by atoms with Gasteiger partial charge in [-0.05, 0) is 87.4 Å². The standard InChI is InChI=1S/C19H30O2/c20-17(3-1-4-18-5-2-6-21-18)13-19-10-14-7-15(11-19)9-16(8-14)12-19/h14-16,18H,1-13H2. The van der Waals surface area contributed by atoms with Crippen LogP contribution in [0.3, 0.4) is 0 Å². The Bertz CT molecular complexity index is 359. The summed E-state index contributed by atoms with van der Waals surface area (Å²) in [5, 5.41) is 0. The highest BCUT2D eigenvalue weighted by molar-refractivity contribution is 5.79. The molecule has 2 nitrogen and oxygen atoms in total. The van der Waals surface area contributed by atoms with Gasteiger partial charge in [-0.3, -0.25) is 4.79 Å². The lowest BCUT2D eigenvalue weighted by Gasteiger charge is -2.56. The van der Waals surface area contributed by atoms with Gasteiger partial charge in [-0.15, -0.1) is 0 Å². The van der Waals surface area contributed by atoms with Crippen molar-refractivity contribution in [1.29, 1.82) is 0 Å². The van der Waals surface area contributed by atoms with Crippen molar-refractivity contribution in [2.24, 2.45) is 23.2 Å². The van der Waals surface area contributed by atoms with Crippen molar-refractivity contribution in [3.63, 3.8) is 0 Å². The Morgan fingerprint density at radius 3 is 2.29 bits per heavy atom. The highest BCUT2D eigenvalue weighted by atomic mass is 16.5. The molecular weight excluding hydrogens is 260 g/mol. The first-order valence-corrected chi connectivity index (χ1v) is 9.34. The van der Waals surface area contributed by atoms with Crippen LogP contribution in [0.4, 0.5) is 0 Å². The fourth-order valence-corrected chi connectivity index (χ4v) is 6.41. The number of hydrogen-bond donors (Lipinski definition) is 0. The number of Topliss-reactive ketones (excluding diaryl/α,β-unsaturated/α-hetero) is 1. The molecule has 5 rings (SSSR count). The van der Waals surface area contributed by atoms with E-state index in [9.17, 15) is 4.79 Å². The van der Waals surface area contributed by atoms with Crippen molar-refractivity contribution in [2.75, 3.05) is 6.61 Å². The summed E-state index contributed by atoms with van der Waals surface area (Å²) in [6, 6.07) is 0. The molecule has 0 amide bonds. The molecule has 5 aliphatic rings. The van der Waals surface area contributed by atoms with Crippen LogP contribution < -0.4 is 0 Å². The Morgan fingerprint density at radius 2 is 1.71 bits per heavy atom. The molecule has 21 heavy (non-hydrogen) atoms. The Labute approximate surface area is 129 Å². The van der Waals surface area contributed by atoms with Crippen molar-refractivity contribution in [3.8, 4) is 0 Å². The van der Waals surface area contributed by atoms with Gasteiger partial charge in [-0.1, -0.05) is 0 Å². The lowest BCUT2D eigenvalue weighted by atomic mass is 9.48. The number of ether oxygens (including phenoxy) is 1. The van der Waals surface area contributed by atoms with Crippen molar-refractivity contribution in [3.05, 3.63) is 0 Å². The second-order valence-electron chi connectivity index (χ2n) is 8.66. The molecule has 2 heteroatoms. The molecule has 0 radical (unpaired) electrons. The van der Waals surface area contributed by atoms with Gasteiger partial charge >= 0.3 is 0 Å². The minimum Gasteiger partial charge on any atom is -0.378 e. The second-order valence-corrected chi connectivity index (χ2v) is 8.66. The highest BCUT2D eigenvalue weighted by Gasteiger charge is 2.51. The number of carbonyl (C=O) groups is 1. The van der Waals surface area contributed by atoms with Gasteiger partial charge in [0.1, 0.15) is 5.78 Å². The van der Waals surface area contributed by atoms with Crippen molar-refractivity contribution >= 4 is 5.78 Å². The Morgan fingerprint density at radius 1 is 1.05 bits per heavy atom. The summed E-state index contributed by atoms with van der Waals surface area (Å²) in [6.07, 6.45) is 15.3. The topological polar surface area (TPSA) is 26.3 Å². The Kier molecular flexibility index (Phi) is 3.85. The number of carbonyl (C=O) groups excluding carboxylic acids is 1. The van der Waals surface area contributed by atoms with E-state index in [0.29, 0.717) is 17.3 Å². The van der Waals surface area contributed by atoms with Crippen LogP contribution >= 0.6 is 0 Å². The maximum absolute atomic E-state index is 12.5. The number of ketones is 1. The maximum atomic E-state index is 12.5. The van der Waals surface area contributed by atoms with E-state index in [1.54, 1.807) is 0 Å². The fraction of sp³-hybridized carbons (Fsp3) is 0.947. The van der Waals surface area contributed by atoms with Gasteiger partial charge < -0.3 is 4.74 Å². The van der Waals surface area contributed by atoms with Gasteiger partial charge in [0.2, 0.25) is 0 Å². The van der Waals surface area contributed by atoms with E-state index in [0.717, 1.165) is 50.0 Å². The molecule has 0 aromatic rings. The largest absolute Gasteiger partial charge is 0.378 e. The molecule has 1 unspecified atom stereocenters. The lowest BCUT2D eigenvalue weighted by molar-refractivity contribution is -0.127. The van der Waals surface area contributed by atoms with Crippen LogP contribution in [0.5, 0.6) is 0 Å². The average Bonchev–Trinajstić information content (AvgIpc) is 2.89. The van der Waals surface area contributed by atoms with Crippen LogP contribution in [0.25, 0.3) is 0 Å². The Balaban J connectivity index is 1.26. The molecule has 118 valence electrons. The average molecular weight is 290 g/mol. The van der Waals surface area contributed by atoms with Crippen molar-refractivity contribution < 1.29 is 9.53 Å². The van der Waals surface area contributed by atoms with Crippen LogP contribution in [0.1, 0.15) is 77.0 Å². The summed E-state index contributed by atoms with van der Waals surface area (Å²) in [7, 11) is 0. The maximum Gasteiger partial charge on any atom is 0.133 e. The predicted molar refractivity (Wildman–Crippen MR) is 83.1 cm³/mol. The summed E-state index contributed by atoms with van der Waals surface area (Å²) in [5.41, 5.74) is 0.440. The van der Waals surface area contributed by atoms with Gasteiger partial charge in [-0.25, -0.2) is 0 Å². The van der Waals surface area contributed by atoms with E-state index in [2.05, 4.69) is 0 Å². The molecule has 1 saturated heterocycles. The predicted octanol–water partition coefficient (Wildman–Crippen LogP) is 4.51. The van der Waals surface area contributed by atoms with E-state index in [4.69, 9.17) is 4.74 Å². The van der Waals surface area contributed by atoms with Crippen LogP contribution in [-0.4, -0.2) is 18.5 Å². The van der Waals surface area contributed by atoms with E-state index >= 15 is 0 Å². The molecule has 1 atom stereocenters. The zero-order valence-corrected chi connectivity index (χ0v) is 13.3. The summed E-state index contributed by atoms with van der Waals surface area (Å²) in [6.45, 7) is 0.936. The summed E-state index contributed by atoms with van der Waals surface area (Å²) in [4.78, 5) is 12.5. The molecule has 1 aliphatic heterocycles. The van der Waals surface area contributed by atoms with Crippen LogP contribution in [-0.2, 0) is 9.53 Å². The summed E-state index contributed by atoms with van der Waals surface area (Å²) < 4.78 is 5.66. The summed E-state index contributed by atoms with van der Waals surface area (Å²) >= 11 is 0. The molecule has 5 fully saturated rings. The molecule has 4 bridgehead atoms. The molecule has 4 saturated carbocycles. The first-order chi connectivity index (χ1) is 10.2. The third-order valence-electron chi connectivity index (χ3n) is 6.74. The molecule has 4 aliphatic carbocycles. The zero-order chi connectivity index (χ0) is 14.3. The van der Waals surface area contributed by atoms with E-state index in [-0.39, 0.29) is 0 Å². The van der Waals surface area contributed by atoms with Gasteiger partial charge in [0.05, 0.1) is 6.10 Å². The van der Waals surface area contributed by atoms with E-state index in [1.807, 2.05) is 0 Å². The van der Waals surface area contributed by atoms with Crippen molar-refractivity contribution in [2.45, 2.75) is 83.2 Å². The molecule has 0 N–H and O–H groups in total. The molecular formula is C19H30O2. The van der Waals surface area contributed by atoms with E-state index in [1.165, 1.54) is 51.4 Å². The lowest BCUT2D eigenvalue weighted by Crippen LogP contribution is -2.46. The third-order valence-corrected chi connectivity index (χ3v) is 6.74. The number of hydrogen-bond acceptors (Lipinski definition) is 2. The highest BCUT2D eigenvalue weighted by Crippen LogP contribution is 2.61. The SMILES string of the molecule is O=C(CCCC1CCCO1)CC12CC3CC(CC(C3)C1)C2. The Hall–Kier alpha value is -0.370. The van der Waals surface area contributed by atoms with Crippen molar-refractivity contribution in [1.82, 2.24) is 0 Å². The molecule has 0 spiro atoms. The molecule has 0 aromatic heterocycles. The normalized spacial score (nSPS) is 44.4. The van der Waals surface area contributed by atoms with Gasteiger partial charge in [0, 0.05) is 19.4 Å². The van der Waals surface area contributed by atoms with Crippen LogP contribution in [0, 0.1) is 23.2 Å². The van der Waals surface area contributed by atoms with Gasteiger partial charge in [0.25, 0.3) is 0 Å².